The van der Waals surface area contributed by atoms with Gasteiger partial charge < -0.3 is 24.5 Å². The molecular formula is C25H28N4O4. The molecule has 3 aromatic heterocycles. The van der Waals surface area contributed by atoms with Crippen LogP contribution in [0.3, 0.4) is 0 Å². The molecule has 1 aliphatic heterocycles. The molecule has 172 valence electrons. The van der Waals surface area contributed by atoms with Crippen molar-refractivity contribution in [2.75, 3.05) is 25.1 Å². The van der Waals surface area contributed by atoms with Crippen LogP contribution >= 0.6 is 0 Å². The van der Waals surface area contributed by atoms with Crippen molar-refractivity contribution in [3.63, 3.8) is 0 Å². The number of aryl methyl sites for hydroxylation is 2. The molecule has 3 aromatic rings. The van der Waals surface area contributed by atoms with E-state index in [4.69, 9.17) is 14.2 Å². The number of carbonyl (C=O) groups excluding carboxylic acids is 1. The topological polar surface area (TPSA) is 98.4 Å². The van der Waals surface area contributed by atoms with Crippen LogP contribution in [0.2, 0.25) is 0 Å². The smallest absolute Gasteiger partial charge is 0.258 e. The second-order valence-corrected chi connectivity index (χ2v) is 8.25. The number of ether oxygens (including phenoxy) is 3. The Labute approximate surface area is 192 Å². The van der Waals surface area contributed by atoms with Gasteiger partial charge in [0.25, 0.3) is 5.91 Å². The van der Waals surface area contributed by atoms with Crippen LogP contribution < -0.4 is 10.1 Å². The number of nitrogens with one attached hydrogen (secondary N) is 2. The summed E-state index contributed by atoms with van der Waals surface area (Å²) in [4.78, 5) is 25.4. The first-order valence-electron chi connectivity index (χ1n) is 11.6. The minimum atomic E-state index is -0.226. The number of carbonyl (C=O) groups is 1. The van der Waals surface area contributed by atoms with Crippen molar-refractivity contribution in [2.45, 2.75) is 44.8 Å². The summed E-state index contributed by atoms with van der Waals surface area (Å²) < 4.78 is 17.1. The maximum atomic E-state index is 13.3. The molecule has 8 heteroatoms. The normalized spacial score (nSPS) is 17.5. The van der Waals surface area contributed by atoms with Gasteiger partial charge in [0.1, 0.15) is 12.3 Å². The molecule has 1 amide bonds. The molecule has 5 rings (SSSR count). The van der Waals surface area contributed by atoms with Crippen LogP contribution in [0.15, 0.2) is 42.9 Å². The van der Waals surface area contributed by atoms with Gasteiger partial charge in [0.15, 0.2) is 6.29 Å². The van der Waals surface area contributed by atoms with E-state index in [1.54, 1.807) is 30.7 Å². The highest BCUT2D eigenvalue weighted by Gasteiger charge is 2.24. The number of pyridine rings is 2. The van der Waals surface area contributed by atoms with Crippen LogP contribution in [0, 0.1) is 0 Å². The summed E-state index contributed by atoms with van der Waals surface area (Å²) in [6, 6.07) is 7.57. The minimum absolute atomic E-state index is 0.161. The Hall–Kier alpha value is -3.23. The van der Waals surface area contributed by atoms with Gasteiger partial charge in [-0.15, -0.1) is 0 Å². The largest absolute Gasteiger partial charge is 0.474 e. The van der Waals surface area contributed by atoms with Crippen molar-refractivity contribution >= 4 is 11.6 Å². The second kappa shape index (κ2) is 10.1. The number of amides is 1. The number of hydrogen-bond donors (Lipinski definition) is 2. The molecule has 1 atom stereocenters. The molecule has 1 saturated heterocycles. The number of fused-ring (bicyclic) bond motifs is 3. The Kier molecular flexibility index (Phi) is 6.64. The van der Waals surface area contributed by atoms with Gasteiger partial charge in [-0.3, -0.25) is 9.78 Å². The van der Waals surface area contributed by atoms with Crippen molar-refractivity contribution in [1.29, 1.82) is 0 Å². The van der Waals surface area contributed by atoms with Gasteiger partial charge in [-0.2, -0.15) is 0 Å². The average molecular weight is 449 g/mol. The van der Waals surface area contributed by atoms with Gasteiger partial charge in [0.2, 0.25) is 5.88 Å². The molecule has 0 aromatic carbocycles. The maximum Gasteiger partial charge on any atom is 0.258 e. The molecule has 33 heavy (non-hydrogen) atoms. The van der Waals surface area contributed by atoms with E-state index < -0.39 is 0 Å². The summed E-state index contributed by atoms with van der Waals surface area (Å²) in [5.74, 6) is 0.134. The van der Waals surface area contributed by atoms with E-state index in [9.17, 15) is 4.79 Å². The molecule has 0 bridgehead atoms. The summed E-state index contributed by atoms with van der Waals surface area (Å²) in [5, 5.41) is 2.96. The van der Waals surface area contributed by atoms with E-state index in [0.717, 1.165) is 67.6 Å². The van der Waals surface area contributed by atoms with Gasteiger partial charge in [-0.25, -0.2) is 4.98 Å². The fraction of sp³-hybridized carbons (Fsp3) is 0.400. The van der Waals surface area contributed by atoms with Gasteiger partial charge in [0.05, 0.1) is 17.9 Å². The third-order valence-corrected chi connectivity index (χ3v) is 5.99. The molecule has 0 saturated carbocycles. The molecule has 1 fully saturated rings. The van der Waals surface area contributed by atoms with Crippen molar-refractivity contribution < 1.29 is 19.0 Å². The number of aromatic amines is 1. The molecular weight excluding hydrogens is 420 g/mol. The Bertz CT molecular complexity index is 1110. The average Bonchev–Trinajstić information content (AvgIpc) is 3.19. The third-order valence-electron chi connectivity index (χ3n) is 5.99. The second-order valence-electron chi connectivity index (χ2n) is 8.25. The number of H-pyrrole nitrogens is 1. The highest BCUT2D eigenvalue weighted by molar-refractivity contribution is 6.09. The first-order chi connectivity index (χ1) is 16.3. The Morgan fingerprint density at radius 2 is 2.03 bits per heavy atom. The standard InChI is InChI=1S/C25H28N4O4/c30-24(18-16-28-19-8-3-6-17-7-4-11-26-23(17)22(18)19)29-20-9-5-12-27-25(20)33-15-14-32-21-10-1-2-13-31-21/h4-5,7,9,11-12,16,21,28H,1-3,6,8,10,13-15H2,(H,29,30). The monoisotopic (exact) mass is 448 g/mol. The Balaban J connectivity index is 1.28. The van der Waals surface area contributed by atoms with Gasteiger partial charge >= 0.3 is 0 Å². The Morgan fingerprint density at radius 1 is 1.12 bits per heavy atom. The summed E-state index contributed by atoms with van der Waals surface area (Å²) in [6.45, 7) is 1.45. The fourth-order valence-electron chi connectivity index (χ4n) is 4.39. The van der Waals surface area contributed by atoms with Gasteiger partial charge in [-0.1, -0.05) is 6.07 Å². The number of aromatic nitrogens is 3. The van der Waals surface area contributed by atoms with Gasteiger partial charge in [0, 0.05) is 36.5 Å². The molecule has 4 heterocycles. The zero-order valence-corrected chi connectivity index (χ0v) is 18.5. The molecule has 0 spiro atoms. The summed E-state index contributed by atoms with van der Waals surface area (Å²) in [6.07, 6.45) is 11.0. The molecule has 1 aliphatic carbocycles. The number of rotatable bonds is 7. The Morgan fingerprint density at radius 3 is 2.94 bits per heavy atom. The molecule has 2 N–H and O–H groups in total. The molecule has 0 radical (unpaired) electrons. The zero-order valence-electron chi connectivity index (χ0n) is 18.5. The van der Waals surface area contributed by atoms with E-state index in [1.165, 1.54) is 0 Å². The number of anilines is 1. The van der Waals surface area contributed by atoms with Gasteiger partial charge in [-0.05, 0) is 62.3 Å². The van der Waals surface area contributed by atoms with E-state index in [2.05, 4.69) is 26.3 Å². The molecule has 1 unspecified atom stereocenters. The van der Waals surface area contributed by atoms with E-state index in [1.807, 2.05) is 6.07 Å². The van der Waals surface area contributed by atoms with Crippen molar-refractivity contribution in [3.8, 4) is 17.1 Å². The molecule has 8 nitrogen and oxygen atoms in total. The third kappa shape index (κ3) is 4.91. The quantitative estimate of drug-likeness (QED) is 0.527. The van der Waals surface area contributed by atoms with Crippen molar-refractivity contribution in [1.82, 2.24) is 15.0 Å². The first-order valence-corrected chi connectivity index (χ1v) is 11.6. The zero-order chi connectivity index (χ0) is 22.5. The SMILES string of the molecule is O=C(Nc1cccnc1OCCOC1CCCCO1)c1c[nH]c2c1-c1ncccc1CCC2. The van der Waals surface area contributed by atoms with Crippen LogP contribution in [0.4, 0.5) is 5.69 Å². The van der Waals surface area contributed by atoms with E-state index in [-0.39, 0.29) is 12.2 Å². The number of hydrogen-bond acceptors (Lipinski definition) is 6. The van der Waals surface area contributed by atoms with Crippen LogP contribution in [-0.2, 0) is 22.3 Å². The highest BCUT2D eigenvalue weighted by atomic mass is 16.7. The first kappa shape index (κ1) is 21.6. The van der Waals surface area contributed by atoms with Crippen LogP contribution in [0.1, 0.15) is 47.3 Å². The molecule has 2 aliphatic rings. The van der Waals surface area contributed by atoms with Crippen LogP contribution in [0.5, 0.6) is 5.88 Å². The van der Waals surface area contributed by atoms with Crippen molar-refractivity contribution in [2.24, 2.45) is 0 Å². The summed E-state index contributed by atoms with van der Waals surface area (Å²) >= 11 is 0. The minimum Gasteiger partial charge on any atom is -0.474 e. The maximum absolute atomic E-state index is 13.3. The lowest BCUT2D eigenvalue weighted by atomic mass is 10.0. The summed E-state index contributed by atoms with van der Waals surface area (Å²) in [7, 11) is 0. The lowest BCUT2D eigenvalue weighted by Crippen LogP contribution is -2.24. The predicted molar refractivity (Wildman–Crippen MR) is 123 cm³/mol. The van der Waals surface area contributed by atoms with Crippen LogP contribution in [0.25, 0.3) is 11.3 Å². The lowest BCUT2D eigenvalue weighted by Gasteiger charge is -2.22. The summed E-state index contributed by atoms with van der Waals surface area (Å²) in [5.41, 5.74) is 5.05. The fourth-order valence-corrected chi connectivity index (χ4v) is 4.39. The number of nitrogens with zero attached hydrogens (tertiary/aromatic N) is 2. The van der Waals surface area contributed by atoms with Crippen LogP contribution in [-0.4, -0.2) is 47.0 Å². The predicted octanol–water partition coefficient (Wildman–Crippen LogP) is 4.13. The van der Waals surface area contributed by atoms with E-state index >= 15 is 0 Å². The highest BCUT2D eigenvalue weighted by Crippen LogP contribution is 2.34. The van der Waals surface area contributed by atoms with Crippen molar-refractivity contribution in [3.05, 3.63) is 59.7 Å². The van der Waals surface area contributed by atoms with E-state index in [0.29, 0.717) is 30.3 Å². The lowest BCUT2D eigenvalue weighted by molar-refractivity contribution is -0.165.